The van der Waals surface area contributed by atoms with Crippen molar-refractivity contribution in [2.24, 2.45) is 17.8 Å². The molecule has 10 heteroatoms. The van der Waals surface area contributed by atoms with Crippen molar-refractivity contribution in [2.45, 2.75) is 44.3 Å². The van der Waals surface area contributed by atoms with Gasteiger partial charge in [-0.2, -0.15) is 13.2 Å². The molecule has 4 aliphatic rings. The molecule has 2 N–H and O–H groups in total. The summed E-state index contributed by atoms with van der Waals surface area (Å²) in [5.74, 6) is 1.38. The van der Waals surface area contributed by atoms with Crippen LogP contribution in [0.3, 0.4) is 0 Å². The number of benzene rings is 1. The summed E-state index contributed by atoms with van der Waals surface area (Å²) >= 11 is 0. The van der Waals surface area contributed by atoms with Crippen LogP contribution >= 0.6 is 0 Å². The summed E-state index contributed by atoms with van der Waals surface area (Å²) in [6, 6.07) is 6.08. The molecule has 4 heterocycles. The molecule has 0 bridgehead atoms. The molecule has 1 saturated carbocycles. The maximum Gasteiger partial charge on any atom is 0.420 e. The van der Waals surface area contributed by atoms with Gasteiger partial charge in [0.2, 0.25) is 5.91 Å². The first-order valence-corrected chi connectivity index (χ1v) is 12.8. The number of carbonyl (C=O) groups is 1. The zero-order chi connectivity index (χ0) is 24.9. The van der Waals surface area contributed by atoms with Crippen LogP contribution in [0.25, 0.3) is 11.3 Å². The number of anilines is 2. The van der Waals surface area contributed by atoms with Gasteiger partial charge in [-0.25, -0.2) is 0 Å². The van der Waals surface area contributed by atoms with Crippen molar-refractivity contribution in [3.63, 3.8) is 0 Å². The van der Waals surface area contributed by atoms with E-state index < -0.39 is 11.7 Å². The van der Waals surface area contributed by atoms with Gasteiger partial charge in [0.15, 0.2) is 5.82 Å². The van der Waals surface area contributed by atoms with Gasteiger partial charge in [0.25, 0.3) is 0 Å². The third-order valence-corrected chi connectivity index (χ3v) is 8.15. The van der Waals surface area contributed by atoms with E-state index in [4.69, 9.17) is 4.74 Å². The summed E-state index contributed by atoms with van der Waals surface area (Å²) in [6.45, 7) is 4.84. The highest BCUT2D eigenvalue weighted by Crippen LogP contribution is 2.42. The molecule has 7 nitrogen and oxygen atoms in total. The number of hydrogen-bond donors (Lipinski definition) is 2. The molecule has 1 aliphatic carbocycles. The van der Waals surface area contributed by atoms with Crippen molar-refractivity contribution in [3.05, 3.63) is 35.4 Å². The fraction of sp³-hybridized carbons (Fsp3) is 0.577. The molecular weight excluding hydrogens is 471 g/mol. The maximum atomic E-state index is 14.0. The molecule has 0 radical (unpaired) electrons. The molecule has 3 fully saturated rings. The second-order valence-electron chi connectivity index (χ2n) is 10.7. The van der Waals surface area contributed by atoms with E-state index in [-0.39, 0.29) is 29.9 Å². The highest BCUT2D eigenvalue weighted by Gasteiger charge is 2.43. The van der Waals surface area contributed by atoms with E-state index in [1.54, 1.807) is 18.2 Å². The topological polar surface area (TPSA) is 79.4 Å². The van der Waals surface area contributed by atoms with Gasteiger partial charge in [0.05, 0.1) is 12.1 Å². The van der Waals surface area contributed by atoms with E-state index >= 15 is 0 Å². The molecule has 192 valence electrons. The van der Waals surface area contributed by atoms with Crippen LogP contribution in [0.5, 0.6) is 0 Å². The lowest BCUT2D eigenvalue weighted by Crippen LogP contribution is -2.32. The highest BCUT2D eigenvalue weighted by molar-refractivity contribution is 5.99. The third-order valence-electron chi connectivity index (χ3n) is 8.15. The average molecular weight is 502 g/mol. The van der Waals surface area contributed by atoms with E-state index in [1.807, 2.05) is 0 Å². The third kappa shape index (κ3) is 4.80. The van der Waals surface area contributed by atoms with Crippen LogP contribution in [0.4, 0.5) is 24.7 Å². The summed E-state index contributed by atoms with van der Waals surface area (Å²) in [5, 5.41) is 13.9. The first-order chi connectivity index (χ1) is 17.3. The molecule has 1 aromatic carbocycles. The monoisotopic (exact) mass is 501 g/mol. The Labute approximate surface area is 207 Å². The van der Waals surface area contributed by atoms with Gasteiger partial charge < -0.3 is 20.3 Å². The number of nitrogens with zero attached hydrogens (tertiary/aromatic N) is 3. The lowest BCUT2D eigenvalue weighted by molar-refractivity contribution is -0.137. The predicted octanol–water partition coefficient (Wildman–Crippen LogP) is 4.21. The average Bonchev–Trinajstić information content (AvgIpc) is 3.50. The number of halogens is 3. The molecule has 0 spiro atoms. The maximum absolute atomic E-state index is 14.0. The minimum Gasteiger partial charge on any atom is -0.381 e. The van der Waals surface area contributed by atoms with Crippen LogP contribution in [0.1, 0.15) is 36.8 Å². The van der Waals surface area contributed by atoms with Gasteiger partial charge >= 0.3 is 6.18 Å². The lowest BCUT2D eigenvalue weighted by Gasteiger charge is -2.28. The van der Waals surface area contributed by atoms with E-state index in [9.17, 15) is 18.0 Å². The summed E-state index contributed by atoms with van der Waals surface area (Å²) < 4.78 is 47.5. The molecule has 1 aromatic heterocycles. The summed E-state index contributed by atoms with van der Waals surface area (Å²) in [6.07, 6.45) is -0.422. The Kier molecular flexibility index (Phi) is 6.11. The number of aromatic nitrogens is 2. The summed E-state index contributed by atoms with van der Waals surface area (Å²) in [7, 11) is 0. The number of ether oxygens (including phenoxy) is 1. The highest BCUT2D eigenvalue weighted by atomic mass is 19.4. The van der Waals surface area contributed by atoms with Crippen molar-refractivity contribution in [1.29, 1.82) is 0 Å². The van der Waals surface area contributed by atoms with E-state index in [2.05, 4.69) is 25.7 Å². The van der Waals surface area contributed by atoms with Gasteiger partial charge in [-0.1, -0.05) is 6.07 Å². The van der Waals surface area contributed by atoms with E-state index in [1.165, 1.54) is 0 Å². The molecule has 3 atom stereocenters. The fourth-order valence-electron chi connectivity index (χ4n) is 6.40. The van der Waals surface area contributed by atoms with Crippen LogP contribution in [-0.4, -0.2) is 59.9 Å². The SMILES string of the molecule is O=C1Cc2cc(-c3cc(C(F)(F)F)c(NC4C[C@@H]5CN(CC6CCOCC6)C[C@@H]5C4)nn3)ccc2N1. The number of hydrogen-bond acceptors (Lipinski definition) is 6. The molecule has 1 unspecified atom stereocenters. The Morgan fingerprint density at radius 1 is 1.08 bits per heavy atom. The standard InChI is InChI=1S/C26H30F3N5O2/c27-26(28,29)21-11-23(16-1-2-22-17(7-16)10-24(35)31-22)32-33-25(21)30-20-8-18-13-34(14-19(18)9-20)12-15-3-5-36-6-4-15/h1-2,7,11,15,18-20H,3-6,8-10,12-14H2,(H,30,33)(H,31,35)/t18-,19+,20?. The van der Waals surface area contributed by atoms with Gasteiger partial charge in [-0.3, -0.25) is 4.79 Å². The molecular formula is C26H30F3N5O2. The Morgan fingerprint density at radius 3 is 2.56 bits per heavy atom. The Balaban J connectivity index is 1.13. The number of alkyl halides is 3. The van der Waals surface area contributed by atoms with E-state index in [0.29, 0.717) is 29.0 Å². The Bertz CT molecular complexity index is 1140. The van der Waals surface area contributed by atoms with Crippen molar-refractivity contribution in [3.8, 4) is 11.3 Å². The van der Waals surface area contributed by atoms with Crippen LogP contribution in [-0.2, 0) is 22.1 Å². The van der Waals surface area contributed by atoms with Crippen molar-refractivity contribution in [1.82, 2.24) is 15.1 Å². The Morgan fingerprint density at radius 2 is 1.83 bits per heavy atom. The predicted molar refractivity (Wildman–Crippen MR) is 128 cm³/mol. The van der Waals surface area contributed by atoms with Crippen molar-refractivity contribution >= 4 is 17.4 Å². The van der Waals surface area contributed by atoms with Crippen LogP contribution < -0.4 is 10.6 Å². The van der Waals surface area contributed by atoms with Crippen molar-refractivity contribution < 1.29 is 22.7 Å². The minimum atomic E-state index is -4.56. The fourth-order valence-corrected chi connectivity index (χ4v) is 6.40. The summed E-state index contributed by atoms with van der Waals surface area (Å²) in [4.78, 5) is 14.2. The molecule has 1 amide bonds. The van der Waals surface area contributed by atoms with Gasteiger partial charge in [0.1, 0.15) is 5.56 Å². The quantitative estimate of drug-likeness (QED) is 0.639. The zero-order valence-electron chi connectivity index (χ0n) is 20.0. The first-order valence-electron chi connectivity index (χ1n) is 12.8. The molecule has 2 aromatic rings. The number of carbonyl (C=O) groups excluding carboxylic acids is 1. The number of likely N-dealkylation sites (tertiary alicyclic amines) is 1. The van der Waals surface area contributed by atoms with Gasteiger partial charge in [-0.15, -0.1) is 10.2 Å². The normalized spacial score (nSPS) is 26.6. The summed E-state index contributed by atoms with van der Waals surface area (Å²) in [5.41, 5.74) is 1.28. The smallest absolute Gasteiger partial charge is 0.381 e. The molecule has 3 aliphatic heterocycles. The Hall–Kier alpha value is -2.72. The van der Waals surface area contributed by atoms with Crippen LogP contribution in [0, 0.1) is 17.8 Å². The largest absolute Gasteiger partial charge is 0.420 e. The van der Waals surface area contributed by atoms with Crippen LogP contribution in [0.15, 0.2) is 24.3 Å². The van der Waals surface area contributed by atoms with Gasteiger partial charge in [0, 0.05) is 50.1 Å². The molecule has 36 heavy (non-hydrogen) atoms. The minimum absolute atomic E-state index is 0.0384. The second-order valence-corrected chi connectivity index (χ2v) is 10.7. The first kappa shape index (κ1) is 23.7. The second kappa shape index (κ2) is 9.30. The molecule has 6 rings (SSSR count). The zero-order valence-corrected chi connectivity index (χ0v) is 20.0. The number of fused-ring (bicyclic) bond motifs is 2. The lowest BCUT2D eigenvalue weighted by atomic mass is 10.00. The number of nitrogens with one attached hydrogen (secondary N) is 2. The van der Waals surface area contributed by atoms with Crippen molar-refractivity contribution in [2.75, 3.05) is 43.5 Å². The van der Waals surface area contributed by atoms with Gasteiger partial charge in [-0.05, 0) is 67.2 Å². The number of amides is 1. The van der Waals surface area contributed by atoms with Crippen LogP contribution in [0.2, 0.25) is 0 Å². The van der Waals surface area contributed by atoms with E-state index in [0.717, 1.165) is 70.2 Å². The molecule has 2 saturated heterocycles. The number of rotatable bonds is 5.